The predicted octanol–water partition coefficient (Wildman–Crippen LogP) is 1.42. The number of amides is 1. The Morgan fingerprint density at radius 2 is 2.16 bits per heavy atom. The number of nitrogens with zero attached hydrogens (tertiary/aromatic N) is 4. The van der Waals surface area contributed by atoms with Gasteiger partial charge in [0.15, 0.2) is 11.5 Å². The Kier molecular flexibility index (Phi) is 4.78. The van der Waals surface area contributed by atoms with Crippen molar-refractivity contribution in [1.82, 2.24) is 25.3 Å². The van der Waals surface area contributed by atoms with Crippen molar-refractivity contribution in [2.24, 2.45) is 0 Å². The molecule has 2 heterocycles. The molecule has 0 aliphatic rings. The van der Waals surface area contributed by atoms with Crippen molar-refractivity contribution < 1.29 is 9.53 Å². The average Bonchev–Trinajstić information content (AvgIpc) is 3.09. The second-order valence-corrected chi connectivity index (χ2v) is 5.74. The number of likely N-dealkylation sites (N-methyl/N-ethyl adjacent to an activating group) is 1. The van der Waals surface area contributed by atoms with E-state index >= 15 is 0 Å². The van der Waals surface area contributed by atoms with Crippen LogP contribution in [0, 0.1) is 6.92 Å². The van der Waals surface area contributed by atoms with Gasteiger partial charge in [-0.15, -0.1) is 0 Å². The number of fused-ring (bicyclic) bond motifs is 1. The van der Waals surface area contributed by atoms with Gasteiger partial charge < -0.3 is 19.9 Å². The molecule has 0 spiro atoms. The number of anilines is 1. The van der Waals surface area contributed by atoms with E-state index in [1.807, 2.05) is 25.1 Å². The molecule has 3 aromatic rings. The fourth-order valence-electron chi connectivity index (χ4n) is 2.56. The molecule has 25 heavy (non-hydrogen) atoms. The van der Waals surface area contributed by atoms with E-state index in [-0.39, 0.29) is 12.5 Å². The fourth-order valence-corrected chi connectivity index (χ4v) is 2.56. The van der Waals surface area contributed by atoms with E-state index in [0.717, 1.165) is 16.9 Å². The lowest BCUT2D eigenvalue weighted by molar-refractivity contribution is -0.119. The van der Waals surface area contributed by atoms with Crippen molar-refractivity contribution in [3.63, 3.8) is 0 Å². The third kappa shape index (κ3) is 3.68. The summed E-state index contributed by atoms with van der Waals surface area (Å²) in [6.45, 7) is 2.59. The van der Waals surface area contributed by atoms with Gasteiger partial charge in [0.2, 0.25) is 5.91 Å². The van der Waals surface area contributed by atoms with E-state index in [1.165, 1.54) is 6.33 Å². The lowest BCUT2D eigenvalue weighted by Gasteiger charge is -2.18. The van der Waals surface area contributed by atoms with Gasteiger partial charge in [0.1, 0.15) is 17.6 Å². The number of aromatic amines is 1. The maximum absolute atomic E-state index is 12.2. The summed E-state index contributed by atoms with van der Waals surface area (Å²) in [4.78, 5) is 29.4. The highest BCUT2D eigenvalue weighted by molar-refractivity contribution is 5.86. The number of imidazole rings is 1. The molecule has 0 radical (unpaired) electrons. The summed E-state index contributed by atoms with van der Waals surface area (Å²) in [5.74, 6) is 1.34. The summed E-state index contributed by atoms with van der Waals surface area (Å²) >= 11 is 0. The third-order valence-electron chi connectivity index (χ3n) is 3.91. The molecule has 0 aliphatic heterocycles. The molecule has 8 nitrogen and oxygen atoms in total. The summed E-state index contributed by atoms with van der Waals surface area (Å²) in [6, 6.07) is 5.88. The number of H-pyrrole nitrogens is 1. The molecule has 8 heteroatoms. The van der Waals surface area contributed by atoms with Crippen molar-refractivity contribution in [3.05, 3.63) is 42.0 Å². The van der Waals surface area contributed by atoms with Gasteiger partial charge in [0, 0.05) is 13.6 Å². The molecule has 130 valence electrons. The van der Waals surface area contributed by atoms with Crippen LogP contribution in [-0.4, -0.2) is 46.5 Å². The minimum absolute atomic E-state index is 0.103. The van der Waals surface area contributed by atoms with Crippen molar-refractivity contribution in [1.29, 1.82) is 0 Å². The molecule has 0 unspecified atom stereocenters. The number of carbonyl (C=O) groups is 1. The zero-order valence-corrected chi connectivity index (χ0v) is 14.4. The molecule has 0 bridgehead atoms. The van der Waals surface area contributed by atoms with Gasteiger partial charge >= 0.3 is 0 Å². The van der Waals surface area contributed by atoms with Crippen LogP contribution in [0.1, 0.15) is 11.1 Å². The van der Waals surface area contributed by atoms with Gasteiger partial charge in [0.05, 0.1) is 20.0 Å². The number of carbonyl (C=O) groups excluding carboxylic acids is 1. The van der Waals surface area contributed by atoms with Crippen molar-refractivity contribution in [3.8, 4) is 5.75 Å². The smallest absolute Gasteiger partial charge is 0.239 e. The SMILES string of the molecule is COc1cc(CNC(=O)CN(C)c2ncnc3nc[nH]c23)ccc1C. The van der Waals surface area contributed by atoms with E-state index in [2.05, 4.69) is 25.3 Å². The Hall–Kier alpha value is -3.16. The monoisotopic (exact) mass is 340 g/mol. The Morgan fingerprint density at radius 1 is 1.32 bits per heavy atom. The van der Waals surface area contributed by atoms with Gasteiger partial charge in [-0.2, -0.15) is 0 Å². The minimum Gasteiger partial charge on any atom is -0.496 e. The lowest BCUT2D eigenvalue weighted by Crippen LogP contribution is -2.35. The maximum atomic E-state index is 12.2. The van der Waals surface area contributed by atoms with E-state index in [1.54, 1.807) is 25.4 Å². The predicted molar refractivity (Wildman–Crippen MR) is 94.5 cm³/mol. The molecule has 0 saturated heterocycles. The number of rotatable bonds is 6. The number of hydrogen-bond donors (Lipinski definition) is 2. The first-order chi connectivity index (χ1) is 12.1. The highest BCUT2D eigenvalue weighted by atomic mass is 16.5. The van der Waals surface area contributed by atoms with Crippen LogP contribution in [0.25, 0.3) is 11.2 Å². The van der Waals surface area contributed by atoms with E-state index in [9.17, 15) is 4.79 Å². The summed E-state index contributed by atoms with van der Waals surface area (Å²) in [5, 5.41) is 2.91. The van der Waals surface area contributed by atoms with Crippen LogP contribution < -0.4 is 15.0 Å². The molecule has 0 saturated carbocycles. The van der Waals surface area contributed by atoms with E-state index < -0.39 is 0 Å². The molecule has 0 aliphatic carbocycles. The van der Waals surface area contributed by atoms with E-state index in [4.69, 9.17) is 4.74 Å². The first kappa shape index (κ1) is 16.7. The van der Waals surface area contributed by atoms with Crippen LogP contribution in [0.5, 0.6) is 5.75 Å². The Labute approximate surface area is 145 Å². The second-order valence-electron chi connectivity index (χ2n) is 5.74. The van der Waals surface area contributed by atoms with Gasteiger partial charge in [-0.3, -0.25) is 4.79 Å². The Morgan fingerprint density at radius 3 is 2.96 bits per heavy atom. The van der Waals surface area contributed by atoms with Gasteiger partial charge in [-0.1, -0.05) is 12.1 Å². The minimum atomic E-state index is -0.103. The molecular weight excluding hydrogens is 320 g/mol. The number of aryl methyl sites for hydroxylation is 1. The number of methoxy groups -OCH3 is 1. The standard InChI is InChI=1S/C17H20N6O2/c1-11-4-5-12(6-13(11)25-3)7-18-14(24)8-23(2)17-15-16(20-9-19-15)21-10-22-17/h4-6,9-10H,7-8H2,1-3H3,(H,18,24)(H,19,20,21,22). The van der Waals surface area contributed by atoms with Crippen molar-refractivity contribution >= 4 is 22.9 Å². The molecule has 0 fully saturated rings. The summed E-state index contributed by atoms with van der Waals surface area (Å²) in [6.07, 6.45) is 2.99. The number of benzene rings is 1. The van der Waals surface area contributed by atoms with E-state index in [0.29, 0.717) is 23.5 Å². The molecule has 3 rings (SSSR count). The van der Waals surface area contributed by atoms with Crippen molar-refractivity contribution in [2.45, 2.75) is 13.5 Å². The van der Waals surface area contributed by atoms with Crippen LogP contribution in [-0.2, 0) is 11.3 Å². The largest absolute Gasteiger partial charge is 0.496 e. The number of hydrogen-bond acceptors (Lipinski definition) is 6. The topological polar surface area (TPSA) is 96.0 Å². The summed E-state index contributed by atoms with van der Waals surface area (Å²) in [7, 11) is 3.44. The maximum Gasteiger partial charge on any atom is 0.239 e. The quantitative estimate of drug-likeness (QED) is 0.704. The zero-order chi connectivity index (χ0) is 17.8. The normalized spacial score (nSPS) is 10.7. The third-order valence-corrected chi connectivity index (χ3v) is 3.91. The van der Waals surface area contributed by atoms with Gasteiger partial charge in [-0.05, 0) is 24.1 Å². The van der Waals surface area contributed by atoms with Crippen LogP contribution in [0.3, 0.4) is 0 Å². The zero-order valence-electron chi connectivity index (χ0n) is 14.4. The van der Waals surface area contributed by atoms with Gasteiger partial charge in [0.25, 0.3) is 0 Å². The highest BCUT2D eigenvalue weighted by Gasteiger charge is 2.13. The molecule has 1 amide bonds. The first-order valence-corrected chi connectivity index (χ1v) is 7.84. The first-order valence-electron chi connectivity index (χ1n) is 7.84. The molecular formula is C17H20N6O2. The second kappa shape index (κ2) is 7.16. The number of nitrogens with one attached hydrogen (secondary N) is 2. The van der Waals surface area contributed by atoms with Crippen molar-refractivity contribution in [2.75, 3.05) is 25.6 Å². The Balaban J connectivity index is 1.62. The summed E-state index contributed by atoms with van der Waals surface area (Å²) in [5.41, 5.74) is 3.33. The highest BCUT2D eigenvalue weighted by Crippen LogP contribution is 2.19. The van der Waals surface area contributed by atoms with Crippen LogP contribution in [0.15, 0.2) is 30.9 Å². The fraction of sp³-hybridized carbons (Fsp3) is 0.294. The average molecular weight is 340 g/mol. The number of ether oxygens (including phenoxy) is 1. The summed E-state index contributed by atoms with van der Waals surface area (Å²) < 4.78 is 5.30. The van der Waals surface area contributed by atoms with Gasteiger partial charge in [-0.25, -0.2) is 15.0 Å². The Bertz CT molecular complexity index is 892. The molecule has 2 N–H and O–H groups in total. The lowest BCUT2D eigenvalue weighted by atomic mass is 10.1. The van der Waals surface area contributed by atoms with Crippen LogP contribution in [0.4, 0.5) is 5.82 Å². The molecule has 0 atom stereocenters. The van der Waals surface area contributed by atoms with Crippen LogP contribution >= 0.6 is 0 Å². The van der Waals surface area contributed by atoms with Crippen LogP contribution in [0.2, 0.25) is 0 Å². The molecule has 2 aromatic heterocycles. The number of aromatic nitrogens is 4. The molecule has 1 aromatic carbocycles.